The van der Waals surface area contributed by atoms with E-state index in [9.17, 15) is 8.78 Å². The summed E-state index contributed by atoms with van der Waals surface area (Å²) >= 11 is 5.60. The zero-order chi connectivity index (χ0) is 13.8. The third-order valence-electron chi connectivity index (χ3n) is 2.52. The molecule has 2 nitrogen and oxygen atoms in total. The van der Waals surface area contributed by atoms with Gasteiger partial charge in [-0.05, 0) is 24.3 Å². The molecule has 0 atom stereocenters. The molecule has 0 N–H and O–H groups in total. The lowest BCUT2D eigenvalue weighted by molar-refractivity contribution is 0.439. The summed E-state index contributed by atoms with van der Waals surface area (Å²) in [6.07, 6.45) is 0. The molecule has 0 aromatic heterocycles. The van der Waals surface area contributed by atoms with Gasteiger partial charge >= 0.3 is 0 Å². The molecule has 5 heteroatoms. The second-order valence-electron chi connectivity index (χ2n) is 3.68. The van der Waals surface area contributed by atoms with Crippen molar-refractivity contribution in [2.24, 2.45) is 0 Å². The third-order valence-corrected chi connectivity index (χ3v) is 2.79. The fourth-order valence-electron chi connectivity index (χ4n) is 1.59. The molecule has 2 aromatic rings. The predicted octanol–water partition coefficient (Wildman–Crippen LogP) is 4.37. The molecule has 0 bridgehead atoms. The van der Waals surface area contributed by atoms with Crippen LogP contribution in [0.4, 0.5) is 8.78 Å². The van der Waals surface area contributed by atoms with E-state index in [0.717, 1.165) is 6.07 Å². The smallest absolute Gasteiger partial charge is 0.165 e. The summed E-state index contributed by atoms with van der Waals surface area (Å²) in [5, 5.41) is 9.05. The van der Waals surface area contributed by atoms with Crippen molar-refractivity contribution in [2.45, 2.75) is 5.88 Å². The first-order chi connectivity index (χ1) is 9.17. The van der Waals surface area contributed by atoms with Gasteiger partial charge in [0.1, 0.15) is 23.2 Å². The Morgan fingerprint density at radius 3 is 2.42 bits per heavy atom. The summed E-state index contributed by atoms with van der Waals surface area (Å²) in [5.74, 6) is -1.28. The molecule has 0 saturated heterocycles. The van der Waals surface area contributed by atoms with Crippen LogP contribution in [-0.2, 0) is 5.88 Å². The highest BCUT2D eigenvalue weighted by Gasteiger charge is 2.15. The van der Waals surface area contributed by atoms with Crippen molar-refractivity contribution < 1.29 is 13.5 Å². The molecule has 0 aliphatic rings. The number of ether oxygens (including phenoxy) is 1. The van der Waals surface area contributed by atoms with Crippen molar-refractivity contribution >= 4 is 11.6 Å². The number of rotatable bonds is 3. The lowest BCUT2D eigenvalue weighted by Crippen LogP contribution is -1.97. The highest BCUT2D eigenvalue weighted by Crippen LogP contribution is 2.30. The average molecular weight is 280 g/mol. The summed E-state index contributed by atoms with van der Waals surface area (Å²) in [7, 11) is 0. The van der Waals surface area contributed by atoms with Crippen molar-refractivity contribution in [3.05, 3.63) is 59.2 Å². The van der Waals surface area contributed by atoms with E-state index in [2.05, 4.69) is 0 Å². The van der Waals surface area contributed by atoms with Crippen LogP contribution in [0.15, 0.2) is 36.4 Å². The third kappa shape index (κ3) is 2.67. The Morgan fingerprint density at radius 2 is 1.79 bits per heavy atom. The van der Waals surface area contributed by atoms with Gasteiger partial charge in [-0.25, -0.2) is 8.78 Å². The zero-order valence-electron chi connectivity index (χ0n) is 9.66. The van der Waals surface area contributed by atoms with Crippen LogP contribution in [-0.4, -0.2) is 0 Å². The maximum atomic E-state index is 13.5. The normalized spacial score (nSPS) is 10.0. The van der Waals surface area contributed by atoms with E-state index in [0.29, 0.717) is 0 Å². The van der Waals surface area contributed by atoms with Crippen molar-refractivity contribution in [3.63, 3.8) is 0 Å². The Bertz CT molecular complexity index is 652. The van der Waals surface area contributed by atoms with Crippen LogP contribution in [0.3, 0.4) is 0 Å². The van der Waals surface area contributed by atoms with Crippen molar-refractivity contribution in [2.75, 3.05) is 0 Å². The average Bonchev–Trinajstić information content (AvgIpc) is 2.42. The first kappa shape index (κ1) is 13.3. The molecule has 0 aliphatic heterocycles. The van der Waals surface area contributed by atoms with Crippen molar-refractivity contribution in [1.82, 2.24) is 0 Å². The van der Waals surface area contributed by atoms with Gasteiger partial charge in [0.2, 0.25) is 0 Å². The van der Waals surface area contributed by atoms with E-state index >= 15 is 0 Å². The lowest BCUT2D eigenvalue weighted by atomic mass is 10.1. The van der Waals surface area contributed by atoms with Crippen LogP contribution in [0.25, 0.3) is 0 Å². The quantitative estimate of drug-likeness (QED) is 0.782. The summed E-state index contributed by atoms with van der Waals surface area (Å²) < 4.78 is 32.2. The van der Waals surface area contributed by atoms with Crippen LogP contribution in [0.2, 0.25) is 0 Å². The second kappa shape index (κ2) is 5.68. The predicted molar refractivity (Wildman–Crippen MR) is 67.1 cm³/mol. The van der Waals surface area contributed by atoms with Gasteiger partial charge in [0.25, 0.3) is 0 Å². The summed E-state index contributed by atoms with van der Waals surface area (Å²) in [4.78, 5) is 0. The van der Waals surface area contributed by atoms with Gasteiger partial charge in [-0.15, -0.1) is 11.6 Å². The van der Waals surface area contributed by atoms with Gasteiger partial charge in [-0.3, -0.25) is 0 Å². The fraction of sp³-hybridized carbons (Fsp3) is 0.0714. The van der Waals surface area contributed by atoms with Gasteiger partial charge < -0.3 is 4.74 Å². The number of para-hydroxylation sites is 1. The molecule has 2 aromatic carbocycles. The van der Waals surface area contributed by atoms with Crippen LogP contribution in [0, 0.1) is 23.0 Å². The van der Waals surface area contributed by atoms with Gasteiger partial charge in [0.05, 0.1) is 5.88 Å². The highest BCUT2D eigenvalue weighted by atomic mass is 35.5. The van der Waals surface area contributed by atoms with Crippen LogP contribution in [0.1, 0.15) is 11.1 Å². The van der Waals surface area contributed by atoms with Gasteiger partial charge in [-0.1, -0.05) is 12.1 Å². The first-order valence-corrected chi connectivity index (χ1v) is 5.90. The summed E-state index contributed by atoms with van der Waals surface area (Å²) in [5.41, 5.74) is 0.0104. The van der Waals surface area contributed by atoms with E-state index in [1.807, 2.05) is 6.07 Å². The minimum Gasteiger partial charge on any atom is -0.453 e. The Labute approximate surface area is 113 Å². The first-order valence-electron chi connectivity index (χ1n) is 5.37. The Kier molecular flexibility index (Phi) is 3.98. The van der Waals surface area contributed by atoms with E-state index in [-0.39, 0.29) is 28.5 Å². The van der Waals surface area contributed by atoms with E-state index in [4.69, 9.17) is 21.6 Å². The van der Waals surface area contributed by atoms with Crippen molar-refractivity contribution in [1.29, 1.82) is 5.26 Å². The topological polar surface area (TPSA) is 33.0 Å². The number of nitrogens with zero attached hydrogens (tertiary/aromatic N) is 1. The molecule has 0 saturated carbocycles. The van der Waals surface area contributed by atoms with E-state index in [1.165, 1.54) is 24.3 Å². The number of hydrogen-bond donors (Lipinski definition) is 0. The van der Waals surface area contributed by atoms with Crippen molar-refractivity contribution in [3.8, 4) is 17.6 Å². The molecular weight excluding hydrogens is 272 g/mol. The highest BCUT2D eigenvalue weighted by molar-refractivity contribution is 6.17. The van der Waals surface area contributed by atoms with E-state index < -0.39 is 11.6 Å². The van der Waals surface area contributed by atoms with Crippen LogP contribution < -0.4 is 4.74 Å². The number of benzene rings is 2. The molecular formula is C14H8ClF2NO. The molecule has 2 rings (SSSR count). The molecule has 0 radical (unpaired) electrons. The van der Waals surface area contributed by atoms with E-state index in [1.54, 1.807) is 6.07 Å². The summed E-state index contributed by atoms with van der Waals surface area (Å²) in [6.45, 7) is 0. The van der Waals surface area contributed by atoms with Gasteiger partial charge in [0, 0.05) is 5.56 Å². The number of halogens is 3. The summed E-state index contributed by atoms with van der Waals surface area (Å²) in [6, 6.07) is 9.99. The lowest BCUT2D eigenvalue weighted by Gasteiger charge is -2.10. The molecule has 0 unspecified atom stereocenters. The Balaban J connectivity index is 2.47. The molecule has 0 amide bonds. The molecule has 0 aliphatic carbocycles. The molecule has 0 spiro atoms. The largest absolute Gasteiger partial charge is 0.453 e. The maximum absolute atomic E-state index is 13.5. The SMILES string of the molecule is N#Cc1c(Oc2ccccc2F)ccc(F)c1CCl. The minimum absolute atomic E-state index is 0.0294. The number of alkyl halides is 1. The van der Waals surface area contributed by atoms with Crippen LogP contribution >= 0.6 is 11.6 Å². The molecule has 96 valence electrons. The monoisotopic (exact) mass is 279 g/mol. The standard InChI is InChI=1S/C14H8ClF2NO/c15-7-9-10(8-18)13(6-5-11(9)16)19-14-4-2-1-3-12(14)17/h1-6H,7H2. The maximum Gasteiger partial charge on any atom is 0.165 e. The fourth-order valence-corrected chi connectivity index (χ4v) is 1.85. The second-order valence-corrected chi connectivity index (χ2v) is 3.94. The molecule has 0 fully saturated rings. The van der Waals surface area contributed by atoms with Crippen LogP contribution in [0.5, 0.6) is 11.5 Å². The number of hydrogen-bond acceptors (Lipinski definition) is 2. The minimum atomic E-state index is -0.590. The molecule has 0 heterocycles. The Hall–Kier alpha value is -2.12. The van der Waals surface area contributed by atoms with Gasteiger partial charge in [-0.2, -0.15) is 5.26 Å². The van der Waals surface area contributed by atoms with Gasteiger partial charge in [0.15, 0.2) is 11.6 Å². The zero-order valence-corrected chi connectivity index (χ0v) is 10.4. The number of nitriles is 1. The molecule has 19 heavy (non-hydrogen) atoms. The Morgan fingerprint density at radius 1 is 1.05 bits per heavy atom.